The Bertz CT molecular complexity index is 735. The molecule has 0 aromatic heterocycles. The number of hydrogen-bond donors (Lipinski definition) is 0. The van der Waals surface area contributed by atoms with Crippen LogP contribution in [0.15, 0.2) is 58.1 Å². The highest BCUT2D eigenvalue weighted by atomic mass is 79.9. The lowest BCUT2D eigenvalue weighted by Crippen LogP contribution is -1.90. The molecule has 2 aromatic carbocycles. The van der Waals surface area contributed by atoms with Crippen molar-refractivity contribution in [2.75, 3.05) is 0 Å². The van der Waals surface area contributed by atoms with Crippen LogP contribution >= 0.6 is 15.9 Å². The summed E-state index contributed by atoms with van der Waals surface area (Å²) >= 11 is 3.55. The predicted molar refractivity (Wildman–Crippen MR) is 83.9 cm³/mol. The molecule has 0 N–H and O–H groups in total. The molecule has 1 heteroatoms. The van der Waals surface area contributed by atoms with Gasteiger partial charge in [-0.2, -0.15) is 0 Å². The molecule has 2 aliphatic carbocycles. The smallest absolute Gasteiger partial charge is 0.0178 e. The van der Waals surface area contributed by atoms with Gasteiger partial charge in [-0.05, 0) is 58.4 Å². The van der Waals surface area contributed by atoms with Crippen LogP contribution in [0.3, 0.4) is 0 Å². The molecule has 0 spiro atoms. The van der Waals surface area contributed by atoms with Crippen LogP contribution in [-0.2, 0) is 12.8 Å². The topological polar surface area (TPSA) is 0 Å². The highest BCUT2D eigenvalue weighted by Crippen LogP contribution is 2.36. The molecular formula is C18H13Br. The van der Waals surface area contributed by atoms with Crippen LogP contribution in [0.2, 0.25) is 0 Å². The van der Waals surface area contributed by atoms with Crippen LogP contribution in [0.1, 0.15) is 22.3 Å². The van der Waals surface area contributed by atoms with Crippen LogP contribution in [0.25, 0.3) is 12.2 Å². The fourth-order valence-electron chi connectivity index (χ4n) is 3.00. The normalized spacial score (nSPS) is 15.8. The Kier molecular flexibility index (Phi) is 2.49. The van der Waals surface area contributed by atoms with E-state index in [1.807, 2.05) is 0 Å². The fraction of sp³-hybridized carbons (Fsp3) is 0.111. The third kappa shape index (κ3) is 1.89. The van der Waals surface area contributed by atoms with Gasteiger partial charge in [-0.15, -0.1) is 0 Å². The highest BCUT2D eigenvalue weighted by molar-refractivity contribution is 9.10. The first-order valence-electron chi connectivity index (χ1n) is 6.57. The van der Waals surface area contributed by atoms with E-state index in [0.717, 1.165) is 12.8 Å². The van der Waals surface area contributed by atoms with Crippen LogP contribution in [0.4, 0.5) is 0 Å². The minimum absolute atomic E-state index is 1.06. The van der Waals surface area contributed by atoms with Gasteiger partial charge >= 0.3 is 0 Å². The van der Waals surface area contributed by atoms with Gasteiger partial charge < -0.3 is 0 Å². The SMILES string of the molecule is Brc1ccc2c(c1)CC(C1=Cc3ccccc3C1)=C2. The third-order valence-electron chi connectivity index (χ3n) is 3.99. The molecule has 0 nitrogen and oxygen atoms in total. The van der Waals surface area contributed by atoms with Crippen molar-refractivity contribution < 1.29 is 0 Å². The van der Waals surface area contributed by atoms with Crippen LogP contribution < -0.4 is 0 Å². The van der Waals surface area contributed by atoms with E-state index in [9.17, 15) is 0 Å². The molecule has 0 fully saturated rings. The zero-order valence-corrected chi connectivity index (χ0v) is 12.1. The van der Waals surface area contributed by atoms with Gasteiger partial charge in [0.25, 0.3) is 0 Å². The summed E-state index contributed by atoms with van der Waals surface area (Å²) in [5, 5.41) is 0. The maximum atomic E-state index is 3.55. The monoisotopic (exact) mass is 308 g/mol. The predicted octanol–water partition coefficient (Wildman–Crippen LogP) is 5.03. The summed E-state index contributed by atoms with van der Waals surface area (Å²) in [5.74, 6) is 0. The van der Waals surface area contributed by atoms with E-state index in [1.165, 1.54) is 37.9 Å². The van der Waals surface area contributed by atoms with Gasteiger partial charge in [0.05, 0.1) is 0 Å². The van der Waals surface area contributed by atoms with Gasteiger partial charge in [0.1, 0.15) is 0 Å². The van der Waals surface area contributed by atoms with Crippen molar-refractivity contribution in [1.82, 2.24) is 0 Å². The summed E-state index contributed by atoms with van der Waals surface area (Å²) in [6, 6.07) is 15.3. The molecule has 0 radical (unpaired) electrons. The number of halogens is 1. The lowest BCUT2D eigenvalue weighted by molar-refractivity contribution is 1.13. The molecule has 2 aliphatic rings. The summed E-state index contributed by atoms with van der Waals surface area (Å²) < 4.78 is 1.17. The van der Waals surface area contributed by atoms with Gasteiger partial charge in [0, 0.05) is 4.47 Å². The second-order valence-electron chi connectivity index (χ2n) is 5.23. The number of rotatable bonds is 1. The van der Waals surface area contributed by atoms with Crippen LogP contribution in [-0.4, -0.2) is 0 Å². The van der Waals surface area contributed by atoms with E-state index in [2.05, 4.69) is 70.5 Å². The van der Waals surface area contributed by atoms with E-state index >= 15 is 0 Å². The number of benzene rings is 2. The lowest BCUT2D eigenvalue weighted by atomic mass is 10.0. The minimum Gasteiger partial charge on any atom is -0.0619 e. The Hall–Kier alpha value is -1.60. The van der Waals surface area contributed by atoms with E-state index in [0.29, 0.717) is 0 Å². The Morgan fingerprint density at radius 3 is 2.21 bits per heavy atom. The van der Waals surface area contributed by atoms with Crippen molar-refractivity contribution in [3.8, 4) is 0 Å². The maximum absolute atomic E-state index is 3.55. The quantitative estimate of drug-likeness (QED) is 0.693. The molecule has 0 bridgehead atoms. The van der Waals surface area contributed by atoms with Gasteiger partial charge in [-0.3, -0.25) is 0 Å². The number of allylic oxidation sites excluding steroid dienone is 2. The first-order chi connectivity index (χ1) is 9.29. The molecule has 0 amide bonds. The molecular weight excluding hydrogens is 296 g/mol. The zero-order chi connectivity index (χ0) is 12.8. The molecule has 0 atom stereocenters. The third-order valence-corrected chi connectivity index (χ3v) is 4.49. The molecule has 0 unspecified atom stereocenters. The Labute approximate surface area is 121 Å². The summed E-state index contributed by atoms with van der Waals surface area (Å²) in [4.78, 5) is 0. The van der Waals surface area contributed by atoms with E-state index in [-0.39, 0.29) is 0 Å². The van der Waals surface area contributed by atoms with Gasteiger partial charge in [0.2, 0.25) is 0 Å². The molecule has 0 saturated heterocycles. The molecule has 2 aromatic rings. The van der Waals surface area contributed by atoms with Gasteiger partial charge in [-0.25, -0.2) is 0 Å². The average molecular weight is 309 g/mol. The van der Waals surface area contributed by atoms with Crippen LogP contribution in [0.5, 0.6) is 0 Å². The highest BCUT2D eigenvalue weighted by Gasteiger charge is 2.20. The summed E-state index contributed by atoms with van der Waals surface area (Å²) in [7, 11) is 0. The Balaban J connectivity index is 1.68. The molecule has 92 valence electrons. The average Bonchev–Trinajstić information content (AvgIpc) is 3.00. The Morgan fingerprint density at radius 2 is 1.42 bits per heavy atom. The molecule has 4 rings (SSSR count). The largest absolute Gasteiger partial charge is 0.0619 e. The van der Waals surface area contributed by atoms with Crippen molar-refractivity contribution in [2.45, 2.75) is 12.8 Å². The van der Waals surface area contributed by atoms with Crippen molar-refractivity contribution in [2.24, 2.45) is 0 Å². The standard InChI is InChI=1S/C18H13Br/c19-18-6-5-14-9-16(10-17(14)11-18)15-7-12-3-1-2-4-13(12)8-15/h1-7,9,11H,8,10H2. The fourth-order valence-corrected chi connectivity index (χ4v) is 3.41. The first-order valence-corrected chi connectivity index (χ1v) is 7.37. The van der Waals surface area contributed by atoms with Crippen molar-refractivity contribution in [1.29, 1.82) is 0 Å². The zero-order valence-electron chi connectivity index (χ0n) is 10.5. The van der Waals surface area contributed by atoms with Crippen molar-refractivity contribution >= 4 is 28.1 Å². The molecule has 0 aliphatic heterocycles. The van der Waals surface area contributed by atoms with E-state index < -0.39 is 0 Å². The van der Waals surface area contributed by atoms with Crippen LogP contribution in [0, 0.1) is 0 Å². The van der Waals surface area contributed by atoms with Gasteiger partial charge in [0.15, 0.2) is 0 Å². The minimum atomic E-state index is 1.06. The molecule has 19 heavy (non-hydrogen) atoms. The first kappa shape index (κ1) is 11.2. The summed E-state index contributed by atoms with van der Waals surface area (Å²) in [5.41, 5.74) is 8.60. The van der Waals surface area contributed by atoms with Crippen molar-refractivity contribution in [3.05, 3.63) is 80.3 Å². The Morgan fingerprint density at radius 1 is 0.737 bits per heavy atom. The maximum Gasteiger partial charge on any atom is 0.0178 e. The number of hydrogen-bond acceptors (Lipinski definition) is 0. The molecule has 0 saturated carbocycles. The second kappa shape index (κ2) is 4.21. The van der Waals surface area contributed by atoms with Gasteiger partial charge in [-0.1, -0.05) is 58.4 Å². The van der Waals surface area contributed by atoms with E-state index in [1.54, 1.807) is 0 Å². The lowest BCUT2D eigenvalue weighted by Gasteiger charge is -2.03. The number of fused-ring (bicyclic) bond motifs is 2. The van der Waals surface area contributed by atoms with Crippen molar-refractivity contribution in [3.63, 3.8) is 0 Å². The summed E-state index contributed by atoms with van der Waals surface area (Å²) in [6.07, 6.45) is 6.84. The second-order valence-corrected chi connectivity index (χ2v) is 6.15. The molecule has 0 heterocycles. The summed E-state index contributed by atoms with van der Waals surface area (Å²) in [6.45, 7) is 0. The van der Waals surface area contributed by atoms with E-state index in [4.69, 9.17) is 0 Å².